The highest BCUT2D eigenvalue weighted by atomic mass is 28.4. The number of rotatable bonds is 12. The molecule has 1 saturated heterocycles. The van der Waals surface area contributed by atoms with E-state index in [1.807, 2.05) is 20.8 Å². The molecule has 1 fully saturated rings. The molecule has 0 saturated carbocycles. The number of hydrogen-bond donors (Lipinski definition) is 1. The summed E-state index contributed by atoms with van der Waals surface area (Å²) in [5.74, 6) is 0. The largest absolute Gasteiger partial charge is 0.531 e. The summed E-state index contributed by atoms with van der Waals surface area (Å²) in [5.41, 5.74) is 5.46. The monoisotopic (exact) mass is 293 g/mol. The summed E-state index contributed by atoms with van der Waals surface area (Å²) in [6.07, 6.45) is 0.871. The van der Waals surface area contributed by atoms with Crippen LogP contribution in [0.2, 0.25) is 0 Å². The maximum atomic E-state index is 5.91. The Balaban J connectivity index is 2.71. The van der Waals surface area contributed by atoms with Crippen molar-refractivity contribution in [3.05, 3.63) is 0 Å². The molecule has 7 heteroatoms. The third-order valence-corrected chi connectivity index (χ3v) is 6.06. The van der Waals surface area contributed by atoms with Crippen LogP contribution in [0.5, 0.6) is 0 Å². The minimum atomic E-state index is -2.84. The lowest BCUT2D eigenvalue weighted by atomic mass is 10.4. The predicted molar refractivity (Wildman–Crippen MR) is 73.8 cm³/mol. The molecule has 2 unspecified atom stereocenters. The quantitative estimate of drug-likeness (QED) is 0.422. The lowest BCUT2D eigenvalue weighted by molar-refractivity contribution is -0.0155. The Morgan fingerprint density at radius 2 is 1.68 bits per heavy atom. The van der Waals surface area contributed by atoms with Crippen LogP contribution in [-0.2, 0) is 22.8 Å². The van der Waals surface area contributed by atoms with Crippen LogP contribution >= 0.6 is 0 Å². The van der Waals surface area contributed by atoms with Gasteiger partial charge in [-0.3, -0.25) is 0 Å². The highest BCUT2D eigenvalue weighted by Crippen LogP contribution is 2.22. The Labute approximate surface area is 116 Å². The summed E-state index contributed by atoms with van der Waals surface area (Å²) >= 11 is 0. The molecule has 6 nitrogen and oxygen atoms in total. The Kier molecular flexibility index (Phi) is 8.08. The molecule has 0 aromatic carbocycles. The van der Waals surface area contributed by atoms with E-state index in [1.165, 1.54) is 0 Å². The maximum absolute atomic E-state index is 5.91. The van der Waals surface area contributed by atoms with E-state index in [1.54, 1.807) is 0 Å². The van der Waals surface area contributed by atoms with Crippen LogP contribution in [0, 0.1) is 0 Å². The summed E-state index contributed by atoms with van der Waals surface area (Å²) in [7, 11) is -2.84. The molecule has 0 aromatic heterocycles. The van der Waals surface area contributed by atoms with E-state index in [2.05, 4.69) is 0 Å². The van der Waals surface area contributed by atoms with Crippen LogP contribution < -0.4 is 5.73 Å². The second-order valence-electron chi connectivity index (χ2n) is 4.26. The molecule has 0 aromatic rings. The second kappa shape index (κ2) is 9.01. The first-order valence-electron chi connectivity index (χ1n) is 7.07. The fourth-order valence-electron chi connectivity index (χ4n) is 1.91. The third-order valence-electron chi connectivity index (χ3n) is 2.75. The minimum Gasteiger partial charge on any atom is -0.372 e. The van der Waals surface area contributed by atoms with Gasteiger partial charge in [-0.15, -0.1) is 0 Å². The molecule has 19 heavy (non-hydrogen) atoms. The van der Waals surface area contributed by atoms with Crippen LogP contribution in [0.25, 0.3) is 0 Å². The minimum absolute atomic E-state index is 0.205. The number of nitrogens with two attached hydrogens (primary N) is 1. The molecule has 0 aliphatic carbocycles. The number of epoxide rings is 1. The Morgan fingerprint density at radius 3 is 2.05 bits per heavy atom. The van der Waals surface area contributed by atoms with Crippen molar-refractivity contribution in [3.8, 4) is 0 Å². The third kappa shape index (κ3) is 5.47. The highest BCUT2D eigenvalue weighted by molar-refractivity contribution is 6.62. The molecule has 1 aliphatic rings. The van der Waals surface area contributed by atoms with Crippen molar-refractivity contribution < 1.29 is 22.8 Å². The predicted octanol–water partition coefficient (Wildman–Crippen LogP) is 0.707. The van der Waals surface area contributed by atoms with E-state index in [9.17, 15) is 0 Å². The second-order valence-corrected chi connectivity index (χ2v) is 6.97. The highest BCUT2D eigenvalue weighted by Gasteiger charge is 2.50. The van der Waals surface area contributed by atoms with Crippen LogP contribution in [0.3, 0.4) is 0 Å². The first kappa shape index (κ1) is 17.0. The first-order valence-corrected chi connectivity index (χ1v) is 8.87. The molecule has 2 atom stereocenters. The van der Waals surface area contributed by atoms with Gasteiger partial charge in [-0.25, -0.2) is 0 Å². The lowest BCUT2D eigenvalue weighted by Crippen LogP contribution is -2.58. The van der Waals surface area contributed by atoms with Crippen molar-refractivity contribution >= 4 is 8.80 Å². The summed E-state index contributed by atoms with van der Waals surface area (Å²) in [6.45, 7) is 9.24. The van der Waals surface area contributed by atoms with Gasteiger partial charge < -0.3 is 28.5 Å². The van der Waals surface area contributed by atoms with Gasteiger partial charge in [-0.2, -0.15) is 0 Å². The summed E-state index contributed by atoms with van der Waals surface area (Å²) in [6, 6.07) is 0. The fourth-order valence-corrected chi connectivity index (χ4v) is 4.74. The molecular weight excluding hydrogens is 266 g/mol. The van der Waals surface area contributed by atoms with Crippen molar-refractivity contribution in [1.29, 1.82) is 0 Å². The normalized spacial score (nSPS) is 20.5. The fraction of sp³-hybridized carbons (Fsp3) is 1.00. The van der Waals surface area contributed by atoms with Gasteiger partial charge in [0.2, 0.25) is 0 Å². The van der Waals surface area contributed by atoms with Crippen molar-refractivity contribution in [2.75, 3.05) is 39.6 Å². The van der Waals surface area contributed by atoms with Crippen molar-refractivity contribution in [3.63, 3.8) is 0 Å². The van der Waals surface area contributed by atoms with E-state index in [0.29, 0.717) is 39.4 Å². The number of hydrogen-bond acceptors (Lipinski definition) is 6. The van der Waals surface area contributed by atoms with Crippen LogP contribution in [0.15, 0.2) is 0 Å². The molecule has 1 aliphatic heterocycles. The maximum Gasteiger partial charge on any atom is 0.531 e. The topological polar surface area (TPSA) is 75.5 Å². The smallest absolute Gasteiger partial charge is 0.372 e. The summed E-state index contributed by atoms with van der Waals surface area (Å²) < 4.78 is 28.6. The Morgan fingerprint density at radius 1 is 1.16 bits per heavy atom. The van der Waals surface area contributed by atoms with Gasteiger partial charge in [0.25, 0.3) is 0 Å². The average molecular weight is 293 g/mol. The lowest BCUT2D eigenvalue weighted by Gasteiger charge is -2.34. The van der Waals surface area contributed by atoms with E-state index in [4.69, 9.17) is 28.5 Å². The van der Waals surface area contributed by atoms with E-state index < -0.39 is 8.80 Å². The van der Waals surface area contributed by atoms with Crippen molar-refractivity contribution in [2.45, 2.75) is 39.0 Å². The zero-order valence-corrected chi connectivity index (χ0v) is 13.2. The molecule has 1 heterocycles. The van der Waals surface area contributed by atoms with Crippen LogP contribution in [0.4, 0.5) is 0 Å². The van der Waals surface area contributed by atoms with Gasteiger partial charge in [0.1, 0.15) is 11.8 Å². The molecule has 0 bridgehead atoms. The standard InChI is InChI=1S/C12H27NO5Si/c1-4-16-19(17-5-2,18-6-3)12(7-8-13)15-10-11-9-14-11/h11-12H,4-10,13H2,1-3H3. The van der Waals surface area contributed by atoms with Crippen LogP contribution in [0.1, 0.15) is 27.2 Å². The molecular formula is C12H27NO5Si. The molecule has 114 valence electrons. The van der Waals surface area contributed by atoms with Gasteiger partial charge in [0.05, 0.1) is 13.2 Å². The number of ether oxygens (including phenoxy) is 2. The summed E-state index contributed by atoms with van der Waals surface area (Å²) in [4.78, 5) is 0. The summed E-state index contributed by atoms with van der Waals surface area (Å²) in [5, 5.41) is 0. The SMILES string of the molecule is CCO[Si](OCC)(OCC)C(CCN)OCC1CO1. The molecule has 2 N–H and O–H groups in total. The van der Waals surface area contributed by atoms with Gasteiger partial charge in [0, 0.05) is 19.8 Å². The van der Waals surface area contributed by atoms with Gasteiger partial charge in [-0.1, -0.05) is 0 Å². The molecule has 0 radical (unpaired) electrons. The van der Waals surface area contributed by atoms with Gasteiger partial charge >= 0.3 is 8.80 Å². The van der Waals surface area contributed by atoms with Crippen molar-refractivity contribution in [2.24, 2.45) is 5.73 Å². The van der Waals surface area contributed by atoms with Gasteiger partial charge in [-0.05, 0) is 33.7 Å². The van der Waals surface area contributed by atoms with E-state index in [-0.39, 0.29) is 11.8 Å². The van der Waals surface area contributed by atoms with E-state index in [0.717, 1.165) is 6.61 Å². The zero-order valence-electron chi connectivity index (χ0n) is 12.2. The first-order chi connectivity index (χ1) is 9.22. The van der Waals surface area contributed by atoms with Crippen molar-refractivity contribution in [1.82, 2.24) is 0 Å². The average Bonchev–Trinajstić information content (AvgIpc) is 3.19. The van der Waals surface area contributed by atoms with Gasteiger partial charge in [0.15, 0.2) is 0 Å². The Bertz CT molecular complexity index is 223. The molecule has 0 amide bonds. The zero-order chi connectivity index (χ0) is 14.1. The molecule has 0 spiro atoms. The van der Waals surface area contributed by atoms with Crippen LogP contribution in [-0.4, -0.2) is 60.2 Å². The van der Waals surface area contributed by atoms with E-state index >= 15 is 0 Å². The molecule has 1 rings (SSSR count). The Hall–Kier alpha value is -0.0231.